The highest BCUT2D eigenvalue weighted by Gasteiger charge is 1.96. The molecule has 0 radical (unpaired) electrons. The van der Waals surface area contributed by atoms with E-state index in [9.17, 15) is 4.79 Å². The summed E-state index contributed by atoms with van der Waals surface area (Å²) in [4.78, 5) is 15.6. The summed E-state index contributed by atoms with van der Waals surface area (Å²) in [5, 5.41) is 3.56. The third-order valence-electron chi connectivity index (χ3n) is 3.00. The smallest absolute Gasteiger partial charge is 0.243 e. The van der Waals surface area contributed by atoms with Gasteiger partial charge in [-0.05, 0) is 36.6 Å². The highest BCUT2D eigenvalue weighted by molar-refractivity contribution is 6.30. The average Bonchev–Trinajstić information content (AvgIpc) is 2.99. The molecule has 0 aliphatic heterocycles. The van der Waals surface area contributed by atoms with E-state index in [1.807, 2.05) is 22.9 Å². The summed E-state index contributed by atoms with van der Waals surface area (Å²) in [6.07, 6.45) is 10.8. The predicted octanol–water partition coefficient (Wildman–Crippen LogP) is 3.15. The van der Waals surface area contributed by atoms with Gasteiger partial charge in [0.15, 0.2) is 0 Å². The van der Waals surface area contributed by atoms with Gasteiger partial charge in [-0.1, -0.05) is 23.7 Å². The van der Waals surface area contributed by atoms with Crippen LogP contribution in [-0.4, -0.2) is 22.0 Å². The van der Waals surface area contributed by atoms with E-state index in [1.165, 1.54) is 0 Å². The van der Waals surface area contributed by atoms with Crippen molar-refractivity contribution in [1.82, 2.24) is 14.9 Å². The van der Waals surface area contributed by atoms with Gasteiger partial charge in [0, 0.05) is 36.6 Å². The third kappa shape index (κ3) is 5.83. The van der Waals surface area contributed by atoms with Crippen LogP contribution in [0.2, 0.25) is 5.02 Å². The Bertz CT molecular complexity index is 576. The molecule has 1 aromatic heterocycles. The van der Waals surface area contributed by atoms with Crippen molar-refractivity contribution >= 4 is 23.6 Å². The molecule has 2 rings (SSSR count). The van der Waals surface area contributed by atoms with Crippen LogP contribution in [0.1, 0.15) is 18.4 Å². The molecule has 0 spiro atoms. The number of benzene rings is 1. The van der Waals surface area contributed by atoms with Crippen molar-refractivity contribution in [2.45, 2.75) is 19.4 Å². The summed E-state index contributed by atoms with van der Waals surface area (Å²) in [7, 11) is 0. The van der Waals surface area contributed by atoms with E-state index >= 15 is 0 Å². The molecule has 0 saturated carbocycles. The number of carbonyl (C=O) groups is 1. The van der Waals surface area contributed by atoms with Crippen LogP contribution >= 0.6 is 11.6 Å². The van der Waals surface area contributed by atoms with Gasteiger partial charge >= 0.3 is 0 Å². The van der Waals surface area contributed by atoms with E-state index in [4.69, 9.17) is 11.6 Å². The largest absolute Gasteiger partial charge is 0.353 e. The number of aryl methyl sites for hydroxylation is 1. The quantitative estimate of drug-likeness (QED) is 0.631. The van der Waals surface area contributed by atoms with Gasteiger partial charge in [0.25, 0.3) is 0 Å². The molecule has 0 saturated heterocycles. The Morgan fingerprint density at radius 3 is 2.81 bits per heavy atom. The second-order valence-corrected chi connectivity index (χ2v) is 5.12. The number of carbonyl (C=O) groups excluding carboxylic acids is 1. The van der Waals surface area contributed by atoms with Crippen molar-refractivity contribution in [2.75, 3.05) is 6.54 Å². The minimum Gasteiger partial charge on any atom is -0.353 e. The van der Waals surface area contributed by atoms with E-state index in [0.29, 0.717) is 11.6 Å². The Labute approximate surface area is 129 Å². The number of rotatable bonds is 7. The van der Waals surface area contributed by atoms with E-state index < -0.39 is 0 Å². The van der Waals surface area contributed by atoms with E-state index in [0.717, 1.165) is 24.9 Å². The first kappa shape index (κ1) is 15.3. The number of unbranched alkanes of at least 4 members (excludes halogenated alkanes) is 1. The van der Waals surface area contributed by atoms with Gasteiger partial charge in [0.05, 0.1) is 6.33 Å². The molecule has 0 bridgehead atoms. The van der Waals surface area contributed by atoms with Gasteiger partial charge < -0.3 is 9.88 Å². The summed E-state index contributed by atoms with van der Waals surface area (Å²) in [6.45, 7) is 1.61. The maximum Gasteiger partial charge on any atom is 0.243 e. The van der Waals surface area contributed by atoms with Crippen LogP contribution in [0.3, 0.4) is 0 Å². The number of aromatic nitrogens is 2. The number of amides is 1. The van der Waals surface area contributed by atoms with Crippen LogP contribution in [0, 0.1) is 0 Å². The van der Waals surface area contributed by atoms with Crippen molar-refractivity contribution in [3.63, 3.8) is 0 Å². The maximum absolute atomic E-state index is 11.6. The first-order valence-corrected chi connectivity index (χ1v) is 7.29. The lowest BCUT2D eigenvalue weighted by Gasteiger charge is -2.03. The lowest BCUT2D eigenvalue weighted by atomic mass is 10.2. The second-order valence-electron chi connectivity index (χ2n) is 4.68. The maximum atomic E-state index is 11.6. The van der Waals surface area contributed by atoms with Crippen molar-refractivity contribution in [2.24, 2.45) is 0 Å². The Balaban J connectivity index is 1.62. The summed E-state index contributed by atoms with van der Waals surface area (Å²) < 4.78 is 2.03. The Morgan fingerprint density at radius 2 is 2.10 bits per heavy atom. The Hall–Kier alpha value is -2.07. The molecule has 1 amide bonds. The first-order chi connectivity index (χ1) is 10.2. The number of nitrogens with zero attached hydrogens (tertiary/aromatic N) is 2. The van der Waals surface area contributed by atoms with Crippen molar-refractivity contribution in [3.05, 3.63) is 59.6 Å². The number of hydrogen-bond acceptors (Lipinski definition) is 2. The lowest BCUT2D eigenvalue weighted by molar-refractivity contribution is -0.116. The number of imidazole rings is 1. The Kier molecular flexibility index (Phi) is 6.03. The summed E-state index contributed by atoms with van der Waals surface area (Å²) in [5.74, 6) is -0.0763. The van der Waals surface area contributed by atoms with Crippen LogP contribution in [-0.2, 0) is 11.3 Å². The molecule has 1 heterocycles. The van der Waals surface area contributed by atoms with Crippen LogP contribution in [0.15, 0.2) is 49.1 Å². The molecular formula is C16H18ClN3O. The highest BCUT2D eigenvalue weighted by Crippen LogP contribution is 2.10. The number of nitrogens with one attached hydrogen (secondary N) is 1. The van der Waals surface area contributed by atoms with Crippen molar-refractivity contribution in [3.8, 4) is 0 Å². The minimum atomic E-state index is -0.0763. The number of hydrogen-bond donors (Lipinski definition) is 1. The average molecular weight is 304 g/mol. The van der Waals surface area contributed by atoms with Gasteiger partial charge in [-0.25, -0.2) is 4.98 Å². The zero-order valence-electron chi connectivity index (χ0n) is 11.7. The zero-order chi connectivity index (χ0) is 14.9. The molecule has 0 fully saturated rings. The standard InChI is InChI=1S/C16H18ClN3O/c17-15-6-3-14(4-7-15)5-8-16(21)19-9-1-2-11-20-12-10-18-13-20/h3-8,10,12-13H,1-2,9,11H2,(H,19,21)/b8-5+. The lowest BCUT2D eigenvalue weighted by Crippen LogP contribution is -2.22. The fourth-order valence-electron chi connectivity index (χ4n) is 1.85. The number of halogens is 1. The highest BCUT2D eigenvalue weighted by atomic mass is 35.5. The molecule has 0 atom stereocenters. The topological polar surface area (TPSA) is 46.9 Å². The monoisotopic (exact) mass is 303 g/mol. The van der Waals surface area contributed by atoms with Crippen LogP contribution in [0.25, 0.3) is 6.08 Å². The third-order valence-corrected chi connectivity index (χ3v) is 3.25. The van der Waals surface area contributed by atoms with Crippen molar-refractivity contribution < 1.29 is 4.79 Å². The van der Waals surface area contributed by atoms with Gasteiger partial charge in [0.2, 0.25) is 5.91 Å². The molecule has 21 heavy (non-hydrogen) atoms. The zero-order valence-corrected chi connectivity index (χ0v) is 12.5. The normalized spacial score (nSPS) is 10.9. The molecule has 0 unspecified atom stereocenters. The molecule has 4 nitrogen and oxygen atoms in total. The molecule has 1 N–H and O–H groups in total. The van der Waals surface area contributed by atoms with Crippen LogP contribution < -0.4 is 5.32 Å². The minimum absolute atomic E-state index is 0.0763. The molecule has 5 heteroatoms. The van der Waals surface area contributed by atoms with E-state index in [2.05, 4.69) is 10.3 Å². The molecule has 1 aromatic carbocycles. The van der Waals surface area contributed by atoms with Gasteiger partial charge in [-0.3, -0.25) is 4.79 Å². The SMILES string of the molecule is O=C(/C=C/c1ccc(Cl)cc1)NCCCCn1ccnc1. The molecule has 0 aliphatic rings. The molecule has 110 valence electrons. The van der Waals surface area contributed by atoms with Crippen LogP contribution in [0.4, 0.5) is 0 Å². The summed E-state index contributed by atoms with van der Waals surface area (Å²) >= 11 is 5.80. The summed E-state index contributed by atoms with van der Waals surface area (Å²) in [5.41, 5.74) is 0.953. The Morgan fingerprint density at radius 1 is 1.29 bits per heavy atom. The van der Waals surface area contributed by atoms with E-state index in [-0.39, 0.29) is 5.91 Å². The molecule has 2 aromatic rings. The van der Waals surface area contributed by atoms with E-state index in [1.54, 1.807) is 36.8 Å². The van der Waals surface area contributed by atoms with Gasteiger partial charge in [0.1, 0.15) is 0 Å². The fraction of sp³-hybridized carbons (Fsp3) is 0.250. The van der Waals surface area contributed by atoms with Crippen molar-refractivity contribution in [1.29, 1.82) is 0 Å². The van der Waals surface area contributed by atoms with Gasteiger partial charge in [-0.2, -0.15) is 0 Å². The summed E-state index contributed by atoms with van der Waals surface area (Å²) in [6, 6.07) is 7.35. The molecular weight excluding hydrogens is 286 g/mol. The second kappa shape index (κ2) is 8.27. The first-order valence-electron chi connectivity index (χ1n) is 6.91. The predicted molar refractivity (Wildman–Crippen MR) is 85.0 cm³/mol. The van der Waals surface area contributed by atoms with Crippen LogP contribution in [0.5, 0.6) is 0 Å². The molecule has 0 aliphatic carbocycles. The van der Waals surface area contributed by atoms with Gasteiger partial charge in [-0.15, -0.1) is 0 Å². The fourth-order valence-corrected chi connectivity index (χ4v) is 1.98.